The van der Waals surface area contributed by atoms with Crippen LogP contribution in [0.3, 0.4) is 0 Å². The third-order valence-corrected chi connectivity index (χ3v) is 5.09. The molecular weight excluding hydrogens is 406 g/mol. The number of pyridine rings is 1. The van der Waals surface area contributed by atoms with Gasteiger partial charge in [0, 0.05) is 36.4 Å². The Balaban J connectivity index is 1.61. The molecule has 6 nitrogen and oxygen atoms in total. The van der Waals surface area contributed by atoms with Crippen LogP contribution in [0.15, 0.2) is 30.5 Å². The number of hydrogen-bond acceptors (Lipinski definition) is 4. The van der Waals surface area contributed by atoms with Gasteiger partial charge in [0.15, 0.2) is 0 Å². The molecule has 2 amide bonds. The van der Waals surface area contributed by atoms with Crippen molar-refractivity contribution in [3.63, 3.8) is 0 Å². The first-order chi connectivity index (χ1) is 13.5. The molecule has 1 saturated heterocycles. The summed E-state index contributed by atoms with van der Waals surface area (Å²) in [5.74, 6) is 0.252. The van der Waals surface area contributed by atoms with Crippen LogP contribution in [0.25, 0.3) is 0 Å². The highest BCUT2D eigenvalue weighted by atomic mass is 35.5. The zero-order valence-electron chi connectivity index (χ0n) is 15.3. The van der Waals surface area contributed by atoms with Crippen LogP contribution < -0.4 is 15.5 Å². The van der Waals surface area contributed by atoms with Crippen LogP contribution in [0.2, 0.25) is 10.0 Å². The molecule has 2 heterocycles. The number of halogens is 3. The lowest BCUT2D eigenvalue weighted by Crippen LogP contribution is -2.39. The molecule has 9 heteroatoms. The van der Waals surface area contributed by atoms with Crippen molar-refractivity contribution in [2.24, 2.45) is 0 Å². The number of ether oxygens (including phenoxy) is 1. The molecule has 0 saturated carbocycles. The molecule has 1 aliphatic heterocycles. The first-order valence-electron chi connectivity index (χ1n) is 8.91. The first kappa shape index (κ1) is 20.6. The molecule has 0 aliphatic carbocycles. The fourth-order valence-corrected chi connectivity index (χ4v) is 3.55. The minimum absolute atomic E-state index is 0.0578. The topological polar surface area (TPSA) is 66.5 Å². The zero-order valence-corrected chi connectivity index (χ0v) is 16.9. The number of nitrogens with zero attached hydrogens (tertiary/aromatic N) is 2. The number of benzene rings is 1. The summed E-state index contributed by atoms with van der Waals surface area (Å²) in [4.78, 5) is 18.9. The van der Waals surface area contributed by atoms with E-state index in [0.29, 0.717) is 30.3 Å². The van der Waals surface area contributed by atoms with Crippen LogP contribution in [0.4, 0.5) is 15.0 Å². The van der Waals surface area contributed by atoms with Gasteiger partial charge in [0.05, 0.1) is 24.3 Å². The minimum atomic E-state index is -0.583. The summed E-state index contributed by atoms with van der Waals surface area (Å²) < 4.78 is 19.1. The summed E-state index contributed by atoms with van der Waals surface area (Å²) in [6.07, 6.45) is 1.73. The summed E-state index contributed by atoms with van der Waals surface area (Å²) in [5.41, 5.74) is 1.36. The highest BCUT2D eigenvalue weighted by Crippen LogP contribution is 2.28. The molecule has 1 aliphatic rings. The van der Waals surface area contributed by atoms with E-state index < -0.39 is 17.9 Å². The van der Waals surface area contributed by atoms with Crippen LogP contribution in [-0.2, 0) is 11.3 Å². The van der Waals surface area contributed by atoms with E-state index in [0.717, 1.165) is 24.5 Å². The second-order valence-electron chi connectivity index (χ2n) is 6.42. The van der Waals surface area contributed by atoms with Crippen LogP contribution in [-0.4, -0.2) is 37.3 Å². The third-order valence-electron chi connectivity index (χ3n) is 4.47. The Labute approximate surface area is 173 Å². The lowest BCUT2D eigenvalue weighted by molar-refractivity contribution is 0.122. The Hall–Kier alpha value is -2.09. The zero-order chi connectivity index (χ0) is 20.1. The normalized spacial score (nSPS) is 15.2. The molecule has 0 spiro atoms. The SMILES string of the molecule is CC(NC(=O)NCc1cccnc1N1CCOCC1)c1cc(F)c(Cl)cc1Cl. The van der Waals surface area contributed by atoms with Gasteiger partial charge in [-0.15, -0.1) is 0 Å². The first-order valence-corrected chi connectivity index (χ1v) is 9.66. The predicted molar refractivity (Wildman–Crippen MR) is 107 cm³/mol. The summed E-state index contributed by atoms with van der Waals surface area (Å²) in [6, 6.07) is 5.43. The second-order valence-corrected chi connectivity index (χ2v) is 7.24. The molecule has 1 fully saturated rings. The molecule has 1 aromatic heterocycles. The van der Waals surface area contributed by atoms with E-state index in [1.54, 1.807) is 13.1 Å². The molecule has 28 heavy (non-hydrogen) atoms. The molecule has 150 valence electrons. The van der Waals surface area contributed by atoms with Crippen LogP contribution in [0, 0.1) is 5.82 Å². The standard InChI is InChI=1S/C19H21Cl2FN4O2/c1-12(14-9-17(22)16(21)10-15(14)20)25-19(27)24-11-13-3-2-4-23-18(13)26-5-7-28-8-6-26/h2-4,9-10,12H,5-8,11H2,1H3,(H2,24,25,27). The van der Waals surface area contributed by atoms with Gasteiger partial charge in [-0.2, -0.15) is 0 Å². The molecule has 2 aromatic rings. The summed E-state index contributed by atoms with van der Waals surface area (Å²) in [7, 11) is 0. The largest absolute Gasteiger partial charge is 0.378 e. The van der Waals surface area contributed by atoms with E-state index in [2.05, 4.69) is 20.5 Å². The molecule has 0 bridgehead atoms. The highest BCUT2D eigenvalue weighted by Gasteiger charge is 2.18. The van der Waals surface area contributed by atoms with E-state index in [4.69, 9.17) is 27.9 Å². The molecule has 0 radical (unpaired) electrons. The van der Waals surface area contributed by atoms with Gasteiger partial charge in [0.25, 0.3) is 0 Å². The average Bonchev–Trinajstić information content (AvgIpc) is 2.70. The average molecular weight is 427 g/mol. The number of urea groups is 1. The summed E-state index contributed by atoms with van der Waals surface area (Å²) >= 11 is 11.8. The minimum Gasteiger partial charge on any atom is -0.378 e. The lowest BCUT2D eigenvalue weighted by Gasteiger charge is -2.29. The van der Waals surface area contributed by atoms with Crippen molar-refractivity contribution in [1.82, 2.24) is 15.6 Å². The van der Waals surface area contributed by atoms with Gasteiger partial charge in [-0.3, -0.25) is 0 Å². The predicted octanol–water partition coefficient (Wildman–Crippen LogP) is 3.92. The Kier molecular flexibility index (Phi) is 6.93. The maximum absolute atomic E-state index is 13.7. The molecule has 1 unspecified atom stereocenters. The smallest absolute Gasteiger partial charge is 0.315 e. The van der Waals surface area contributed by atoms with Gasteiger partial charge in [0.1, 0.15) is 11.6 Å². The van der Waals surface area contributed by atoms with E-state index in [-0.39, 0.29) is 5.02 Å². The van der Waals surface area contributed by atoms with E-state index in [9.17, 15) is 9.18 Å². The maximum atomic E-state index is 13.7. The van der Waals surface area contributed by atoms with Gasteiger partial charge >= 0.3 is 6.03 Å². The molecule has 2 N–H and O–H groups in total. The quantitative estimate of drug-likeness (QED) is 0.710. The van der Waals surface area contributed by atoms with Gasteiger partial charge in [0.2, 0.25) is 0 Å². The number of hydrogen-bond donors (Lipinski definition) is 2. The van der Waals surface area contributed by atoms with Gasteiger partial charge in [-0.25, -0.2) is 14.2 Å². The summed E-state index contributed by atoms with van der Waals surface area (Å²) in [6.45, 7) is 4.85. The van der Waals surface area contributed by atoms with Gasteiger partial charge in [-0.1, -0.05) is 29.3 Å². The highest BCUT2D eigenvalue weighted by molar-refractivity contribution is 6.35. The fraction of sp³-hybridized carbons (Fsp3) is 0.368. The molecule has 3 rings (SSSR count). The number of morpholine rings is 1. The van der Waals surface area contributed by atoms with Crippen LogP contribution in [0.1, 0.15) is 24.1 Å². The monoisotopic (exact) mass is 426 g/mol. The van der Waals surface area contributed by atoms with Gasteiger partial charge < -0.3 is 20.3 Å². The molecule has 1 aromatic carbocycles. The Morgan fingerprint density at radius 3 is 2.82 bits per heavy atom. The van der Waals surface area contributed by atoms with E-state index in [1.807, 2.05) is 12.1 Å². The second kappa shape index (κ2) is 9.41. The van der Waals surface area contributed by atoms with Crippen molar-refractivity contribution in [3.8, 4) is 0 Å². The number of aromatic nitrogens is 1. The fourth-order valence-electron chi connectivity index (χ4n) is 3.00. The van der Waals surface area contributed by atoms with E-state index >= 15 is 0 Å². The van der Waals surface area contributed by atoms with Crippen molar-refractivity contribution in [3.05, 3.63) is 57.5 Å². The number of carbonyl (C=O) groups excluding carboxylic acids is 1. The van der Waals surface area contributed by atoms with Crippen molar-refractivity contribution >= 4 is 35.1 Å². The maximum Gasteiger partial charge on any atom is 0.315 e. The number of nitrogens with one attached hydrogen (secondary N) is 2. The molecular formula is C19H21Cl2FN4O2. The van der Waals surface area contributed by atoms with Crippen molar-refractivity contribution in [2.45, 2.75) is 19.5 Å². The van der Waals surface area contributed by atoms with Crippen molar-refractivity contribution in [1.29, 1.82) is 0 Å². The number of amides is 2. The number of anilines is 1. The van der Waals surface area contributed by atoms with E-state index in [1.165, 1.54) is 12.1 Å². The Morgan fingerprint density at radius 1 is 1.32 bits per heavy atom. The number of rotatable bonds is 5. The van der Waals surface area contributed by atoms with Crippen molar-refractivity contribution in [2.75, 3.05) is 31.2 Å². The van der Waals surface area contributed by atoms with Crippen LogP contribution >= 0.6 is 23.2 Å². The van der Waals surface area contributed by atoms with Crippen molar-refractivity contribution < 1.29 is 13.9 Å². The third kappa shape index (κ3) is 5.04. The lowest BCUT2D eigenvalue weighted by atomic mass is 10.1. The van der Waals surface area contributed by atoms with Crippen LogP contribution in [0.5, 0.6) is 0 Å². The Bertz CT molecular complexity index is 847. The summed E-state index contributed by atoms with van der Waals surface area (Å²) in [5, 5.41) is 5.80. The van der Waals surface area contributed by atoms with Gasteiger partial charge in [-0.05, 0) is 30.7 Å². The Morgan fingerprint density at radius 2 is 2.07 bits per heavy atom. The number of carbonyl (C=O) groups is 1. The molecule has 1 atom stereocenters.